The molecule has 6 heteroatoms. The van der Waals surface area contributed by atoms with Gasteiger partial charge in [-0.2, -0.15) is 15.0 Å². The van der Waals surface area contributed by atoms with Gasteiger partial charge in [0.05, 0.1) is 0 Å². The van der Waals surface area contributed by atoms with Crippen LogP contribution in [-0.4, -0.2) is 34.6 Å². The summed E-state index contributed by atoms with van der Waals surface area (Å²) < 4.78 is 0. The predicted octanol–water partition coefficient (Wildman–Crippen LogP) is 2.19. The molecule has 0 fully saturated rings. The van der Waals surface area contributed by atoms with E-state index in [2.05, 4.69) is 41.0 Å². The van der Waals surface area contributed by atoms with Gasteiger partial charge < -0.3 is 10.2 Å². The van der Waals surface area contributed by atoms with Crippen LogP contribution in [0.25, 0.3) is 0 Å². The molecule has 0 bridgehead atoms. The Hall–Kier alpha value is -1.10. The number of aromatic nitrogens is 3. The van der Waals surface area contributed by atoms with Crippen LogP contribution in [0.4, 0.5) is 11.9 Å². The summed E-state index contributed by atoms with van der Waals surface area (Å²) >= 11 is 5.85. The summed E-state index contributed by atoms with van der Waals surface area (Å²) in [7, 11) is 1.93. The average molecular weight is 244 g/mol. The van der Waals surface area contributed by atoms with Crippen molar-refractivity contribution in [3.05, 3.63) is 5.28 Å². The summed E-state index contributed by atoms with van der Waals surface area (Å²) in [6.07, 6.45) is 1.01. The largest absolute Gasteiger partial charge is 0.354 e. The van der Waals surface area contributed by atoms with E-state index in [4.69, 9.17) is 11.6 Å². The van der Waals surface area contributed by atoms with E-state index < -0.39 is 0 Å². The van der Waals surface area contributed by atoms with E-state index in [1.54, 1.807) is 0 Å². The van der Waals surface area contributed by atoms with Crippen molar-refractivity contribution in [3.63, 3.8) is 0 Å². The molecule has 0 unspecified atom stereocenters. The molecule has 0 radical (unpaired) electrons. The third-order valence-corrected chi connectivity index (χ3v) is 2.39. The van der Waals surface area contributed by atoms with Crippen molar-refractivity contribution in [2.75, 3.05) is 23.8 Å². The molecule has 1 rings (SSSR count). The van der Waals surface area contributed by atoms with Crippen molar-refractivity contribution in [2.24, 2.45) is 0 Å². The van der Waals surface area contributed by atoms with Crippen LogP contribution in [0, 0.1) is 0 Å². The lowest BCUT2D eigenvalue weighted by atomic mass is 10.4. The number of nitrogens with one attached hydrogen (secondary N) is 1. The van der Waals surface area contributed by atoms with Crippen molar-refractivity contribution in [1.29, 1.82) is 0 Å². The van der Waals surface area contributed by atoms with Crippen LogP contribution in [0.5, 0.6) is 0 Å². The molecule has 0 atom stereocenters. The van der Waals surface area contributed by atoms with Crippen LogP contribution >= 0.6 is 11.6 Å². The van der Waals surface area contributed by atoms with Gasteiger partial charge in [-0.1, -0.05) is 6.92 Å². The Morgan fingerprint density at radius 3 is 2.56 bits per heavy atom. The molecule has 0 aliphatic carbocycles. The van der Waals surface area contributed by atoms with Crippen molar-refractivity contribution in [1.82, 2.24) is 15.0 Å². The number of hydrogen-bond acceptors (Lipinski definition) is 5. The maximum atomic E-state index is 5.85. The van der Waals surface area contributed by atoms with Crippen LogP contribution < -0.4 is 10.2 Å². The van der Waals surface area contributed by atoms with Crippen molar-refractivity contribution in [2.45, 2.75) is 33.2 Å². The van der Waals surface area contributed by atoms with Gasteiger partial charge in [0.15, 0.2) is 0 Å². The summed E-state index contributed by atoms with van der Waals surface area (Å²) in [5.41, 5.74) is 0. The Balaban J connectivity index is 2.89. The third-order valence-electron chi connectivity index (χ3n) is 2.22. The second-order valence-electron chi connectivity index (χ2n) is 3.86. The molecule has 0 aromatic carbocycles. The van der Waals surface area contributed by atoms with Crippen LogP contribution in [0.2, 0.25) is 5.28 Å². The predicted molar refractivity (Wildman–Crippen MR) is 67.2 cm³/mol. The molecule has 1 heterocycles. The SMILES string of the molecule is CCCNc1nc(Cl)nc(N(C)C(C)C)n1. The quantitative estimate of drug-likeness (QED) is 0.859. The van der Waals surface area contributed by atoms with Crippen molar-refractivity contribution < 1.29 is 0 Å². The molecule has 0 saturated heterocycles. The molecule has 1 aromatic rings. The van der Waals surface area contributed by atoms with Gasteiger partial charge in [0.1, 0.15) is 0 Å². The zero-order chi connectivity index (χ0) is 12.1. The van der Waals surface area contributed by atoms with Crippen molar-refractivity contribution in [3.8, 4) is 0 Å². The zero-order valence-electron chi connectivity index (χ0n) is 10.2. The maximum Gasteiger partial charge on any atom is 0.231 e. The number of hydrogen-bond donors (Lipinski definition) is 1. The zero-order valence-corrected chi connectivity index (χ0v) is 10.9. The van der Waals surface area contributed by atoms with E-state index in [9.17, 15) is 0 Å². The Morgan fingerprint density at radius 2 is 2.00 bits per heavy atom. The van der Waals surface area contributed by atoms with Gasteiger partial charge in [0.25, 0.3) is 0 Å². The van der Waals surface area contributed by atoms with E-state index in [0.717, 1.165) is 13.0 Å². The van der Waals surface area contributed by atoms with E-state index in [0.29, 0.717) is 17.9 Å². The fraction of sp³-hybridized carbons (Fsp3) is 0.700. The Morgan fingerprint density at radius 1 is 1.31 bits per heavy atom. The minimum Gasteiger partial charge on any atom is -0.354 e. The van der Waals surface area contributed by atoms with E-state index in [1.807, 2.05) is 11.9 Å². The number of anilines is 2. The topological polar surface area (TPSA) is 53.9 Å². The maximum absolute atomic E-state index is 5.85. The molecule has 90 valence electrons. The second kappa shape index (κ2) is 5.84. The molecule has 0 saturated carbocycles. The Bertz CT molecular complexity index is 342. The van der Waals surface area contributed by atoms with E-state index >= 15 is 0 Å². The molecule has 1 N–H and O–H groups in total. The lowest BCUT2D eigenvalue weighted by molar-refractivity contribution is 0.725. The molecule has 0 aliphatic heterocycles. The van der Waals surface area contributed by atoms with Gasteiger partial charge >= 0.3 is 0 Å². The van der Waals surface area contributed by atoms with E-state index in [1.165, 1.54) is 0 Å². The van der Waals surface area contributed by atoms with Gasteiger partial charge in [-0.25, -0.2) is 0 Å². The first kappa shape index (κ1) is 13.0. The highest BCUT2D eigenvalue weighted by Gasteiger charge is 2.11. The van der Waals surface area contributed by atoms with E-state index in [-0.39, 0.29) is 5.28 Å². The van der Waals surface area contributed by atoms with Gasteiger partial charge in [0.2, 0.25) is 17.2 Å². The van der Waals surface area contributed by atoms with Gasteiger partial charge in [-0.05, 0) is 31.9 Å². The standard InChI is InChI=1S/C10H18ClN5/c1-5-6-12-9-13-8(11)14-10(15-9)16(4)7(2)3/h7H,5-6H2,1-4H3,(H,12,13,14,15). The summed E-state index contributed by atoms with van der Waals surface area (Å²) in [6, 6.07) is 0.317. The summed E-state index contributed by atoms with van der Waals surface area (Å²) in [6.45, 7) is 7.04. The normalized spacial score (nSPS) is 10.6. The minimum atomic E-state index is 0.219. The fourth-order valence-electron chi connectivity index (χ4n) is 1.04. The number of halogens is 1. The van der Waals surface area contributed by atoms with Crippen LogP contribution in [0.3, 0.4) is 0 Å². The first-order valence-electron chi connectivity index (χ1n) is 5.43. The summed E-state index contributed by atoms with van der Waals surface area (Å²) in [5, 5.41) is 3.31. The molecule has 5 nitrogen and oxygen atoms in total. The monoisotopic (exact) mass is 243 g/mol. The minimum absolute atomic E-state index is 0.219. The molecule has 0 aliphatic rings. The van der Waals surface area contributed by atoms with Crippen molar-refractivity contribution >= 4 is 23.5 Å². The number of nitrogens with zero attached hydrogens (tertiary/aromatic N) is 4. The first-order chi connectivity index (χ1) is 7.54. The highest BCUT2D eigenvalue weighted by Crippen LogP contribution is 2.14. The second-order valence-corrected chi connectivity index (χ2v) is 4.20. The molecular formula is C10H18ClN5. The third kappa shape index (κ3) is 3.48. The van der Waals surface area contributed by atoms with Crippen LogP contribution in [0.1, 0.15) is 27.2 Å². The highest BCUT2D eigenvalue weighted by atomic mass is 35.5. The lowest BCUT2D eigenvalue weighted by Gasteiger charge is -2.21. The summed E-state index contributed by atoms with van der Waals surface area (Å²) in [4.78, 5) is 14.4. The Labute approximate surface area is 101 Å². The summed E-state index contributed by atoms with van der Waals surface area (Å²) in [5.74, 6) is 1.12. The van der Waals surface area contributed by atoms with Crippen LogP contribution in [0.15, 0.2) is 0 Å². The molecule has 1 aromatic heterocycles. The number of rotatable bonds is 5. The lowest BCUT2D eigenvalue weighted by Crippen LogP contribution is -2.28. The van der Waals surface area contributed by atoms with Gasteiger partial charge in [-0.15, -0.1) is 0 Å². The highest BCUT2D eigenvalue weighted by molar-refractivity contribution is 6.28. The molecular weight excluding hydrogens is 226 g/mol. The molecule has 16 heavy (non-hydrogen) atoms. The molecule has 0 spiro atoms. The van der Waals surface area contributed by atoms with Gasteiger partial charge in [-0.3, -0.25) is 0 Å². The fourth-order valence-corrected chi connectivity index (χ4v) is 1.20. The first-order valence-corrected chi connectivity index (χ1v) is 5.80. The van der Waals surface area contributed by atoms with Crippen LogP contribution in [-0.2, 0) is 0 Å². The Kier molecular flexibility index (Phi) is 4.73. The van der Waals surface area contributed by atoms with Gasteiger partial charge in [0, 0.05) is 19.6 Å². The average Bonchev–Trinajstić information content (AvgIpc) is 2.24. The smallest absolute Gasteiger partial charge is 0.231 e. The molecule has 0 amide bonds.